The average molecular weight is 450 g/mol. The third kappa shape index (κ3) is 5.21. The van der Waals surface area contributed by atoms with E-state index in [1.165, 1.54) is 12.5 Å². The van der Waals surface area contributed by atoms with Crippen molar-refractivity contribution in [2.45, 2.75) is 58.4 Å². The number of anilines is 1. The number of likely N-dealkylation sites (tertiary alicyclic amines) is 1. The van der Waals surface area contributed by atoms with E-state index in [1.54, 1.807) is 9.80 Å². The number of aryl methyl sites for hydroxylation is 2. The molecule has 1 aromatic carbocycles. The number of aromatic nitrogens is 2. The smallest absolute Gasteiger partial charge is 0.242 e. The fraction of sp³-hybridized carbons (Fsp3) is 0.480. The van der Waals surface area contributed by atoms with Crippen LogP contribution in [0.2, 0.25) is 0 Å². The molecule has 0 aliphatic carbocycles. The maximum Gasteiger partial charge on any atom is 0.242 e. The second kappa shape index (κ2) is 10.1. The summed E-state index contributed by atoms with van der Waals surface area (Å²) in [4.78, 5) is 49.9. The van der Waals surface area contributed by atoms with Crippen molar-refractivity contribution in [1.82, 2.24) is 20.2 Å². The Morgan fingerprint density at radius 1 is 1.15 bits per heavy atom. The zero-order valence-corrected chi connectivity index (χ0v) is 19.3. The monoisotopic (exact) mass is 449 g/mol. The summed E-state index contributed by atoms with van der Waals surface area (Å²) in [7, 11) is 0. The predicted octanol–water partition coefficient (Wildman–Crippen LogP) is 2.50. The number of nitrogens with zero attached hydrogens (tertiary/aromatic N) is 4. The second-order valence-electron chi connectivity index (χ2n) is 8.76. The highest BCUT2D eigenvalue weighted by molar-refractivity contribution is 5.95. The van der Waals surface area contributed by atoms with Crippen LogP contribution in [0.15, 0.2) is 30.3 Å². The molecule has 8 nitrogen and oxygen atoms in total. The normalized spacial score (nSPS) is 17.8. The predicted molar refractivity (Wildman–Crippen MR) is 125 cm³/mol. The van der Waals surface area contributed by atoms with Crippen molar-refractivity contribution in [3.8, 4) is 0 Å². The van der Waals surface area contributed by atoms with Gasteiger partial charge in [0.1, 0.15) is 5.82 Å². The minimum Gasteiger partial charge on any atom is -0.347 e. The fourth-order valence-electron chi connectivity index (χ4n) is 4.70. The van der Waals surface area contributed by atoms with Gasteiger partial charge >= 0.3 is 0 Å². The van der Waals surface area contributed by atoms with Crippen molar-refractivity contribution >= 4 is 23.5 Å². The highest BCUT2D eigenvalue weighted by Crippen LogP contribution is 2.34. The highest BCUT2D eigenvalue weighted by atomic mass is 16.2. The molecule has 1 atom stereocenters. The van der Waals surface area contributed by atoms with Gasteiger partial charge in [-0.15, -0.1) is 0 Å². The Kier molecular flexibility index (Phi) is 7.01. The van der Waals surface area contributed by atoms with E-state index in [0.717, 1.165) is 36.9 Å². The van der Waals surface area contributed by atoms with Crippen LogP contribution in [0.25, 0.3) is 0 Å². The van der Waals surface area contributed by atoms with Gasteiger partial charge in [0.15, 0.2) is 5.82 Å². The number of hydrogen-bond acceptors (Lipinski definition) is 5. The van der Waals surface area contributed by atoms with Crippen LogP contribution in [0, 0.1) is 6.92 Å². The molecule has 3 amide bonds. The van der Waals surface area contributed by atoms with E-state index in [9.17, 15) is 14.4 Å². The molecule has 0 saturated carbocycles. The molecule has 0 bridgehead atoms. The van der Waals surface area contributed by atoms with Gasteiger partial charge in [-0.2, -0.15) is 0 Å². The molecule has 33 heavy (non-hydrogen) atoms. The molecule has 3 heterocycles. The summed E-state index contributed by atoms with van der Waals surface area (Å²) in [6.45, 7) is 4.54. The van der Waals surface area contributed by atoms with Gasteiger partial charge in [-0.1, -0.05) is 30.3 Å². The molecule has 174 valence electrons. The van der Waals surface area contributed by atoms with Crippen molar-refractivity contribution in [2.75, 3.05) is 24.5 Å². The summed E-state index contributed by atoms with van der Waals surface area (Å²) < 4.78 is 0. The van der Waals surface area contributed by atoms with Crippen LogP contribution in [-0.4, -0.2) is 52.2 Å². The van der Waals surface area contributed by atoms with Gasteiger partial charge in [0.2, 0.25) is 17.7 Å². The fourth-order valence-corrected chi connectivity index (χ4v) is 4.70. The zero-order valence-electron chi connectivity index (χ0n) is 19.3. The van der Waals surface area contributed by atoms with Crippen LogP contribution in [0.3, 0.4) is 0 Å². The Labute approximate surface area is 194 Å². The summed E-state index contributed by atoms with van der Waals surface area (Å²) in [6.07, 6.45) is 4.48. The first-order chi connectivity index (χ1) is 15.9. The maximum atomic E-state index is 12.8. The molecule has 2 aliphatic rings. The van der Waals surface area contributed by atoms with Crippen LogP contribution in [0.4, 0.5) is 5.82 Å². The lowest BCUT2D eigenvalue weighted by Crippen LogP contribution is -2.40. The van der Waals surface area contributed by atoms with Gasteiger partial charge in [-0.05, 0) is 44.6 Å². The Hall–Kier alpha value is -3.29. The second-order valence-corrected chi connectivity index (χ2v) is 8.76. The Bertz CT molecular complexity index is 1040. The summed E-state index contributed by atoms with van der Waals surface area (Å²) in [5, 5.41) is 2.58. The van der Waals surface area contributed by atoms with E-state index in [1.807, 2.05) is 25.1 Å². The van der Waals surface area contributed by atoms with Gasteiger partial charge in [-0.25, -0.2) is 9.97 Å². The summed E-state index contributed by atoms with van der Waals surface area (Å²) >= 11 is 0. The Morgan fingerprint density at radius 3 is 2.70 bits per heavy atom. The van der Waals surface area contributed by atoms with E-state index >= 15 is 0 Å². The maximum absolute atomic E-state index is 12.8. The van der Waals surface area contributed by atoms with Crippen LogP contribution >= 0.6 is 0 Å². The van der Waals surface area contributed by atoms with Crippen molar-refractivity contribution in [1.29, 1.82) is 0 Å². The zero-order chi connectivity index (χ0) is 23.4. The summed E-state index contributed by atoms with van der Waals surface area (Å²) in [5.74, 6) is 1.00. The molecule has 2 aliphatic heterocycles. The van der Waals surface area contributed by atoms with Gasteiger partial charge < -0.3 is 10.2 Å². The van der Waals surface area contributed by atoms with E-state index in [-0.39, 0.29) is 30.3 Å². The first kappa shape index (κ1) is 22.9. The average Bonchev–Trinajstić information content (AvgIpc) is 3.29. The van der Waals surface area contributed by atoms with Gasteiger partial charge in [0, 0.05) is 37.7 Å². The largest absolute Gasteiger partial charge is 0.347 e. The van der Waals surface area contributed by atoms with E-state index in [4.69, 9.17) is 9.97 Å². The van der Waals surface area contributed by atoms with Crippen LogP contribution < -0.4 is 10.2 Å². The quantitative estimate of drug-likeness (QED) is 0.701. The number of hydrogen-bond donors (Lipinski definition) is 1. The van der Waals surface area contributed by atoms with Crippen molar-refractivity contribution in [3.63, 3.8) is 0 Å². The summed E-state index contributed by atoms with van der Waals surface area (Å²) in [6, 6.07) is 10.0. The molecular weight excluding hydrogens is 418 g/mol. The Balaban J connectivity index is 1.54. The molecule has 2 aromatic rings. The third-order valence-electron chi connectivity index (χ3n) is 6.40. The Morgan fingerprint density at radius 2 is 1.94 bits per heavy atom. The number of amides is 3. The topological polar surface area (TPSA) is 95.5 Å². The van der Waals surface area contributed by atoms with Crippen molar-refractivity contribution in [2.24, 2.45) is 0 Å². The standard InChI is InChI=1S/C25H31N5O3/c1-17-20-12-13-22(32)30(15-6-10-19-8-4-3-5-9-19)25(20)28-24(27-17)21-11-7-14-29(21)23(33)16-26-18(2)31/h3-5,8-9,21H,6-7,10-16H2,1-2H3,(H,26,31)/t21-/m0/s1. The molecule has 8 heteroatoms. The molecule has 1 N–H and O–H groups in total. The number of benzene rings is 1. The number of fused-ring (bicyclic) bond motifs is 1. The molecule has 1 fully saturated rings. The molecule has 0 radical (unpaired) electrons. The van der Waals surface area contributed by atoms with Crippen LogP contribution in [0.1, 0.15) is 61.3 Å². The van der Waals surface area contributed by atoms with E-state index in [2.05, 4.69) is 17.4 Å². The molecular formula is C25H31N5O3. The minimum atomic E-state index is -0.238. The molecule has 4 rings (SSSR count). The molecule has 1 saturated heterocycles. The lowest BCUT2D eigenvalue weighted by atomic mass is 10.0. The van der Waals surface area contributed by atoms with Crippen molar-refractivity contribution < 1.29 is 14.4 Å². The van der Waals surface area contributed by atoms with Gasteiger partial charge in [0.25, 0.3) is 0 Å². The molecule has 1 aromatic heterocycles. The lowest BCUT2D eigenvalue weighted by Gasteiger charge is -2.31. The lowest BCUT2D eigenvalue weighted by molar-refractivity contribution is -0.133. The van der Waals surface area contributed by atoms with Crippen LogP contribution in [-0.2, 0) is 27.2 Å². The van der Waals surface area contributed by atoms with Gasteiger partial charge in [-0.3, -0.25) is 19.3 Å². The van der Waals surface area contributed by atoms with Crippen LogP contribution in [0.5, 0.6) is 0 Å². The SMILES string of the molecule is CC(=O)NCC(=O)N1CCC[C@H]1c1nc(C)c2c(n1)N(CCCc1ccccc1)C(=O)CC2. The first-order valence-corrected chi connectivity index (χ1v) is 11.7. The first-order valence-electron chi connectivity index (χ1n) is 11.7. The number of carbonyl (C=O) groups excluding carboxylic acids is 3. The minimum absolute atomic E-state index is 0.0279. The molecule has 0 unspecified atom stereocenters. The number of nitrogens with one attached hydrogen (secondary N) is 1. The van der Waals surface area contributed by atoms with E-state index < -0.39 is 0 Å². The van der Waals surface area contributed by atoms with E-state index in [0.29, 0.717) is 37.6 Å². The number of carbonyl (C=O) groups is 3. The number of rotatable bonds is 7. The van der Waals surface area contributed by atoms with Crippen molar-refractivity contribution in [3.05, 3.63) is 53.0 Å². The summed E-state index contributed by atoms with van der Waals surface area (Å²) in [5.41, 5.74) is 3.14. The molecule has 0 spiro atoms. The van der Waals surface area contributed by atoms with Gasteiger partial charge in [0.05, 0.1) is 12.6 Å². The third-order valence-corrected chi connectivity index (χ3v) is 6.40. The highest BCUT2D eigenvalue weighted by Gasteiger charge is 2.34.